The molecule has 1 aliphatic rings. The second kappa shape index (κ2) is 4.61. The molecule has 2 heteroatoms. The van der Waals surface area contributed by atoms with Gasteiger partial charge in [-0.05, 0) is 31.2 Å². The Morgan fingerprint density at radius 3 is 2.42 bits per heavy atom. The predicted molar refractivity (Wildman–Crippen MR) is 57.9 cm³/mol. The fourth-order valence-electron chi connectivity index (χ4n) is 2.17. The molecule has 0 aromatic heterocycles. The van der Waals surface area contributed by atoms with Crippen molar-refractivity contribution >= 4 is 15.9 Å². The molecule has 1 rings (SSSR count). The Kier molecular flexibility index (Phi) is 4.04. The van der Waals surface area contributed by atoms with Gasteiger partial charge in [0, 0.05) is 18.4 Å². The minimum atomic E-state index is 0.655. The Hall–Kier alpha value is 0.440. The molecule has 1 nitrogen and oxygen atoms in total. The lowest BCUT2D eigenvalue weighted by Crippen LogP contribution is -2.27. The van der Waals surface area contributed by atoms with Crippen molar-refractivity contribution in [3.05, 3.63) is 0 Å². The van der Waals surface area contributed by atoms with Crippen LogP contribution in [0.15, 0.2) is 0 Å². The molecular formula is C10H20BrN. The maximum Gasteiger partial charge on any atom is 0.0159 e. The van der Waals surface area contributed by atoms with Crippen LogP contribution < -0.4 is 0 Å². The van der Waals surface area contributed by atoms with E-state index in [1.165, 1.54) is 38.9 Å². The van der Waals surface area contributed by atoms with Crippen LogP contribution >= 0.6 is 15.9 Å². The molecule has 1 heterocycles. The average Bonchev–Trinajstić information content (AvgIpc) is 2.50. The highest BCUT2D eigenvalue weighted by molar-refractivity contribution is 9.09. The van der Waals surface area contributed by atoms with Gasteiger partial charge in [0.2, 0.25) is 0 Å². The summed E-state index contributed by atoms with van der Waals surface area (Å²) in [5, 5.41) is 1.12. The normalized spacial score (nSPS) is 23.2. The molecule has 0 bridgehead atoms. The number of rotatable bonds is 4. The summed E-state index contributed by atoms with van der Waals surface area (Å²) in [6.07, 6.45) is 4.11. The van der Waals surface area contributed by atoms with E-state index < -0.39 is 0 Å². The topological polar surface area (TPSA) is 3.24 Å². The molecule has 0 spiro atoms. The highest BCUT2D eigenvalue weighted by Crippen LogP contribution is 2.36. The molecule has 0 aromatic carbocycles. The summed E-state index contributed by atoms with van der Waals surface area (Å²) in [6, 6.07) is 0. The lowest BCUT2D eigenvalue weighted by Gasteiger charge is -2.26. The molecule has 0 aromatic rings. The summed E-state index contributed by atoms with van der Waals surface area (Å²) in [5.74, 6) is 0. The predicted octanol–water partition coefficient (Wildman–Crippen LogP) is 2.89. The average molecular weight is 234 g/mol. The molecule has 0 amide bonds. The van der Waals surface area contributed by atoms with E-state index in [9.17, 15) is 0 Å². The van der Waals surface area contributed by atoms with Crippen LogP contribution in [0.1, 0.15) is 33.1 Å². The van der Waals surface area contributed by atoms with E-state index in [1.807, 2.05) is 0 Å². The van der Waals surface area contributed by atoms with Crippen molar-refractivity contribution in [3.8, 4) is 0 Å². The molecule has 72 valence electrons. The standard InChI is InChI=1S/C10H20BrN/c1-3-10(4-2)5-7-12(9-10)8-6-11/h3-9H2,1-2H3. The second-order valence-corrected chi connectivity index (χ2v) is 4.72. The summed E-state index contributed by atoms with van der Waals surface area (Å²) in [5.41, 5.74) is 0.655. The van der Waals surface area contributed by atoms with E-state index in [4.69, 9.17) is 0 Å². The molecule has 0 radical (unpaired) electrons. The molecule has 0 N–H and O–H groups in total. The Labute approximate surface area is 84.6 Å². The molecule has 1 aliphatic heterocycles. The van der Waals surface area contributed by atoms with Crippen LogP contribution in [-0.2, 0) is 0 Å². The second-order valence-electron chi connectivity index (χ2n) is 3.92. The SMILES string of the molecule is CCC1(CC)CCN(CCBr)C1. The van der Waals surface area contributed by atoms with E-state index in [0.29, 0.717) is 5.41 Å². The maximum atomic E-state index is 3.50. The van der Waals surface area contributed by atoms with Crippen molar-refractivity contribution in [2.75, 3.05) is 25.0 Å². The van der Waals surface area contributed by atoms with Crippen molar-refractivity contribution < 1.29 is 0 Å². The number of nitrogens with zero attached hydrogens (tertiary/aromatic N) is 1. The maximum absolute atomic E-state index is 3.50. The van der Waals surface area contributed by atoms with E-state index in [0.717, 1.165) is 5.33 Å². The van der Waals surface area contributed by atoms with Crippen LogP contribution in [0.25, 0.3) is 0 Å². The first-order chi connectivity index (χ1) is 5.76. The number of hydrogen-bond donors (Lipinski definition) is 0. The lowest BCUT2D eigenvalue weighted by atomic mass is 9.82. The monoisotopic (exact) mass is 233 g/mol. The molecule has 0 aliphatic carbocycles. The van der Waals surface area contributed by atoms with Gasteiger partial charge in [-0.25, -0.2) is 0 Å². The number of hydrogen-bond acceptors (Lipinski definition) is 1. The molecule has 12 heavy (non-hydrogen) atoms. The zero-order valence-corrected chi connectivity index (χ0v) is 9.86. The van der Waals surface area contributed by atoms with Crippen LogP contribution in [0.5, 0.6) is 0 Å². The zero-order valence-electron chi connectivity index (χ0n) is 8.27. The third-order valence-corrected chi connectivity index (χ3v) is 3.77. The fraction of sp³-hybridized carbons (Fsp3) is 1.00. The van der Waals surface area contributed by atoms with Gasteiger partial charge in [-0.3, -0.25) is 0 Å². The van der Waals surface area contributed by atoms with E-state index >= 15 is 0 Å². The van der Waals surface area contributed by atoms with E-state index in [-0.39, 0.29) is 0 Å². The van der Waals surface area contributed by atoms with Gasteiger partial charge in [-0.2, -0.15) is 0 Å². The van der Waals surface area contributed by atoms with Crippen LogP contribution in [0.2, 0.25) is 0 Å². The van der Waals surface area contributed by atoms with Gasteiger partial charge in [0.15, 0.2) is 0 Å². The first-order valence-corrected chi connectivity index (χ1v) is 6.17. The van der Waals surface area contributed by atoms with Gasteiger partial charge < -0.3 is 4.90 Å². The summed E-state index contributed by atoms with van der Waals surface area (Å²) in [7, 11) is 0. The van der Waals surface area contributed by atoms with Gasteiger partial charge in [-0.1, -0.05) is 29.8 Å². The van der Waals surface area contributed by atoms with Crippen LogP contribution in [-0.4, -0.2) is 29.9 Å². The van der Waals surface area contributed by atoms with Crippen LogP contribution in [0, 0.1) is 5.41 Å². The van der Waals surface area contributed by atoms with Gasteiger partial charge in [0.1, 0.15) is 0 Å². The highest BCUT2D eigenvalue weighted by atomic mass is 79.9. The molecule has 1 saturated heterocycles. The highest BCUT2D eigenvalue weighted by Gasteiger charge is 2.34. The molecular weight excluding hydrogens is 214 g/mol. The van der Waals surface area contributed by atoms with Crippen molar-refractivity contribution in [1.29, 1.82) is 0 Å². The van der Waals surface area contributed by atoms with Gasteiger partial charge in [0.25, 0.3) is 0 Å². The molecule has 1 fully saturated rings. The molecule has 0 saturated carbocycles. The third-order valence-electron chi connectivity index (χ3n) is 3.42. The van der Waals surface area contributed by atoms with Crippen molar-refractivity contribution in [2.24, 2.45) is 5.41 Å². The van der Waals surface area contributed by atoms with Crippen molar-refractivity contribution in [3.63, 3.8) is 0 Å². The van der Waals surface area contributed by atoms with Gasteiger partial charge >= 0.3 is 0 Å². The quantitative estimate of drug-likeness (QED) is 0.676. The third kappa shape index (κ3) is 2.23. The number of likely N-dealkylation sites (tertiary alicyclic amines) is 1. The summed E-state index contributed by atoms with van der Waals surface area (Å²) in [4.78, 5) is 2.59. The summed E-state index contributed by atoms with van der Waals surface area (Å²) < 4.78 is 0. The Morgan fingerprint density at radius 2 is 2.00 bits per heavy atom. The molecule has 0 unspecified atom stereocenters. The minimum Gasteiger partial charge on any atom is -0.302 e. The number of alkyl halides is 1. The van der Waals surface area contributed by atoms with Gasteiger partial charge in [0.05, 0.1) is 0 Å². The fourth-order valence-corrected chi connectivity index (χ4v) is 2.67. The van der Waals surface area contributed by atoms with Crippen molar-refractivity contribution in [2.45, 2.75) is 33.1 Å². The largest absolute Gasteiger partial charge is 0.302 e. The van der Waals surface area contributed by atoms with Crippen LogP contribution in [0.3, 0.4) is 0 Å². The smallest absolute Gasteiger partial charge is 0.0159 e. The Bertz CT molecular complexity index is 132. The number of halogens is 1. The van der Waals surface area contributed by atoms with Gasteiger partial charge in [-0.15, -0.1) is 0 Å². The Balaban J connectivity index is 2.41. The van der Waals surface area contributed by atoms with Crippen molar-refractivity contribution in [1.82, 2.24) is 4.90 Å². The summed E-state index contributed by atoms with van der Waals surface area (Å²) in [6.45, 7) is 8.53. The van der Waals surface area contributed by atoms with E-state index in [2.05, 4.69) is 34.7 Å². The van der Waals surface area contributed by atoms with Crippen LogP contribution in [0.4, 0.5) is 0 Å². The first kappa shape index (κ1) is 10.5. The lowest BCUT2D eigenvalue weighted by molar-refractivity contribution is 0.247. The molecule has 0 atom stereocenters. The Morgan fingerprint density at radius 1 is 1.33 bits per heavy atom. The zero-order chi connectivity index (χ0) is 9.03. The van der Waals surface area contributed by atoms with E-state index in [1.54, 1.807) is 0 Å². The summed E-state index contributed by atoms with van der Waals surface area (Å²) >= 11 is 3.50. The minimum absolute atomic E-state index is 0.655. The first-order valence-electron chi connectivity index (χ1n) is 5.04.